The van der Waals surface area contributed by atoms with Gasteiger partial charge in [-0.3, -0.25) is 4.98 Å². The lowest BCUT2D eigenvalue weighted by atomic mass is 10.2. The first-order valence-corrected chi connectivity index (χ1v) is 3.63. The van der Waals surface area contributed by atoms with Gasteiger partial charge in [-0.15, -0.1) is 0 Å². The van der Waals surface area contributed by atoms with Crippen LogP contribution >= 0.6 is 0 Å². The van der Waals surface area contributed by atoms with Crippen LogP contribution in [0.4, 0.5) is 4.39 Å². The number of rotatable bonds is 2. The van der Waals surface area contributed by atoms with Gasteiger partial charge in [-0.1, -0.05) is 0 Å². The van der Waals surface area contributed by atoms with E-state index in [4.69, 9.17) is 5.11 Å². The number of aromatic nitrogens is 1. The fraction of sp³-hybridized carbons (Fsp3) is 0.111. The fourth-order valence-electron chi connectivity index (χ4n) is 0.865. The third-order valence-electron chi connectivity index (χ3n) is 1.42. The number of halogens is 1. The van der Waals surface area contributed by atoms with E-state index in [2.05, 4.69) is 4.98 Å². The van der Waals surface area contributed by atoms with E-state index >= 15 is 0 Å². The number of aryl methyl sites for hydroxylation is 1. The molecule has 0 unspecified atom stereocenters. The molecule has 0 saturated heterocycles. The molecule has 0 fully saturated rings. The Balaban J connectivity index is 2.97. The third-order valence-corrected chi connectivity index (χ3v) is 1.42. The average molecular weight is 181 g/mol. The molecule has 68 valence electrons. The van der Waals surface area contributed by atoms with Crippen LogP contribution in [0, 0.1) is 6.92 Å². The van der Waals surface area contributed by atoms with E-state index in [1.54, 1.807) is 13.0 Å². The van der Waals surface area contributed by atoms with Gasteiger partial charge in [-0.25, -0.2) is 4.79 Å². The second-order valence-electron chi connectivity index (χ2n) is 2.53. The highest BCUT2D eigenvalue weighted by atomic mass is 19.1. The molecule has 3 nitrogen and oxygen atoms in total. The highest BCUT2D eigenvalue weighted by Gasteiger charge is 2.04. The molecule has 0 spiro atoms. The van der Waals surface area contributed by atoms with E-state index in [0.717, 1.165) is 6.08 Å². The zero-order valence-corrected chi connectivity index (χ0v) is 6.99. The van der Waals surface area contributed by atoms with Crippen molar-refractivity contribution < 1.29 is 14.3 Å². The van der Waals surface area contributed by atoms with Gasteiger partial charge >= 0.3 is 5.97 Å². The van der Waals surface area contributed by atoms with Crippen molar-refractivity contribution >= 4 is 12.0 Å². The van der Waals surface area contributed by atoms with Gasteiger partial charge in [0.05, 0.1) is 0 Å². The van der Waals surface area contributed by atoms with E-state index in [1.807, 2.05) is 0 Å². The normalized spacial score (nSPS) is 11.4. The number of carbonyl (C=O) groups is 1. The van der Waals surface area contributed by atoms with Crippen molar-refractivity contribution in [1.29, 1.82) is 0 Å². The molecule has 0 saturated carbocycles. The molecule has 1 rings (SSSR count). The molecule has 0 radical (unpaired) electrons. The molecule has 0 aliphatic carbocycles. The Morgan fingerprint density at radius 2 is 2.38 bits per heavy atom. The highest BCUT2D eigenvalue weighted by Crippen LogP contribution is 2.08. The number of pyridine rings is 1. The molecule has 4 heteroatoms. The van der Waals surface area contributed by atoms with Crippen LogP contribution < -0.4 is 0 Å². The Kier molecular flexibility index (Phi) is 2.74. The van der Waals surface area contributed by atoms with Crippen molar-refractivity contribution in [3.8, 4) is 0 Å². The van der Waals surface area contributed by atoms with Crippen LogP contribution in [0.2, 0.25) is 0 Å². The maximum absolute atomic E-state index is 12.6. The van der Waals surface area contributed by atoms with Gasteiger partial charge in [-0.05, 0) is 30.7 Å². The molecule has 1 N–H and O–H groups in total. The van der Waals surface area contributed by atoms with Crippen molar-refractivity contribution in [2.24, 2.45) is 0 Å². The summed E-state index contributed by atoms with van der Waals surface area (Å²) in [4.78, 5) is 14.0. The summed E-state index contributed by atoms with van der Waals surface area (Å²) in [5.41, 5.74) is 1.21. The number of aliphatic carboxylic acids is 1. The maximum atomic E-state index is 12.6. The summed E-state index contributed by atoms with van der Waals surface area (Å²) in [7, 11) is 0. The Hall–Kier alpha value is -1.71. The summed E-state index contributed by atoms with van der Waals surface area (Å²) in [5, 5.41) is 8.25. The molecule has 1 aromatic heterocycles. The zero-order valence-electron chi connectivity index (χ0n) is 6.99. The fourth-order valence-corrected chi connectivity index (χ4v) is 0.865. The Bertz CT molecular complexity index is 360. The summed E-state index contributed by atoms with van der Waals surface area (Å²) in [6.07, 6.45) is 2.45. The van der Waals surface area contributed by atoms with Gasteiger partial charge in [0.2, 0.25) is 5.83 Å². The Morgan fingerprint density at radius 1 is 1.69 bits per heavy atom. The van der Waals surface area contributed by atoms with Gasteiger partial charge in [0.1, 0.15) is 0 Å². The molecule has 1 heterocycles. The molecule has 0 aliphatic rings. The van der Waals surface area contributed by atoms with E-state index in [-0.39, 0.29) is 0 Å². The second kappa shape index (κ2) is 3.80. The first-order valence-electron chi connectivity index (χ1n) is 3.63. The Labute approximate surface area is 74.5 Å². The highest BCUT2D eigenvalue weighted by molar-refractivity contribution is 5.89. The molecule has 0 amide bonds. The van der Waals surface area contributed by atoms with Crippen LogP contribution in [0.1, 0.15) is 11.3 Å². The van der Waals surface area contributed by atoms with Gasteiger partial charge in [-0.2, -0.15) is 4.39 Å². The lowest BCUT2D eigenvalue weighted by Crippen LogP contribution is -1.94. The smallest absolute Gasteiger partial charge is 0.364 e. The maximum Gasteiger partial charge on any atom is 0.364 e. The van der Waals surface area contributed by atoms with Gasteiger partial charge in [0, 0.05) is 11.9 Å². The molecule has 0 bridgehead atoms. The zero-order chi connectivity index (χ0) is 9.84. The lowest BCUT2D eigenvalue weighted by Gasteiger charge is -1.94. The molecule has 13 heavy (non-hydrogen) atoms. The number of carboxylic acids is 1. The van der Waals surface area contributed by atoms with Crippen LogP contribution in [0.15, 0.2) is 24.2 Å². The van der Waals surface area contributed by atoms with E-state index < -0.39 is 11.8 Å². The van der Waals surface area contributed by atoms with Crippen LogP contribution in [-0.4, -0.2) is 16.1 Å². The van der Waals surface area contributed by atoms with Crippen LogP contribution in [0.3, 0.4) is 0 Å². The minimum Gasteiger partial charge on any atom is -0.476 e. The van der Waals surface area contributed by atoms with Gasteiger partial charge in [0.25, 0.3) is 0 Å². The van der Waals surface area contributed by atoms with Crippen molar-refractivity contribution in [1.82, 2.24) is 4.98 Å². The first kappa shape index (κ1) is 9.38. The summed E-state index contributed by atoms with van der Waals surface area (Å²) < 4.78 is 12.6. The number of carboxylic acid groups (broad SMARTS) is 1. The monoisotopic (exact) mass is 181 g/mol. The molecular formula is C9H8FNO2. The number of nitrogens with zero attached hydrogens (tertiary/aromatic N) is 1. The van der Waals surface area contributed by atoms with Crippen LogP contribution in [0.25, 0.3) is 6.08 Å². The summed E-state index contributed by atoms with van der Waals surface area (Å²) in [5.74, 6) is -2.74. The van der Waals surface area contributed by atoms with Gasteiger partial charge < -0.3 is 5.11 Å². The minimum absolute atomic E-state index is 0.493. The molecule has 1 aromatic rings. The first-order chi connectivity index (χ1) is 6.09. The number of hydrogen-bond donors (Lipinski definition) is 1. The van der Waals surface area contributed by atoms with E-state index in [9.17, 15) is 9.18 Å². The summed E-state index contributed by atoms with van der Waals surface area (Å²) in [6.45, 7) is 1.75. The summed E-state index contributed by atoms with van der Waals surface area (Å²) >= 11 is 0. The lowest BCUT2D eigenvalue weighted by molar-refractivity contribution is -0.134. The van der Waals surface area contributed by atoms with Gasteiger partial charge in [0.15, 0.2) is 0 Å². The predicted octanol–water partition coefficient (Wildman–Crippen LogP) is 1.79. The largest absolute Gasteiger partial charge is 0.476 e. The van der Waals surface area contributed by atoms with Crippen molar-refractivity contribution in [3.05, 3.63) is 35.4 Å². The number of hydrogen-bond acceptors (Lipinski definition) is 2. The molecule has 0 aromatic carbocycles. The van der Waals surface area contributed by atoms with Crippen molar-refractivity contribution in [2.75, 3.05) is 0 Å². The Morgan fingerprint density at radius 3 is 2.92 bits per heavy atom. The standard InChI is InChI=1S/C9H8FNO2/c1-6-4-7(2-3-11-6)5-8(10)9(12)13/h2-5H,1H3,(H,12,13)/b8-5-. The van der Waals surface area contributed by atoms with Crippen LogP contribution in [-0.2, 0) is 4.79 Å². The molecule has 0 atom stereocenters. The average Bonchev–Trinajstić information content (AvgIpc) is 2.04. The predicted molar refractivity (Wildman–Crippen MR) is 45.7 cm³/mol. The molecular weight excluding hydrogens is 173 g/mol. The quantitative estimate of drug-likeness (QED) is 0.707. The second-order valence-corrected chi connectivity index (χ2v) is 2.53. The van der Waals surface area contributed by atoms with Crippen LogP contribution in [0.5, 0.6) is 0 Å². The molecule has 0 aliphatic heterocycles. The van der Waals surface area contributed by atoms with E-state index in [1.165, 1.54) is 12.3 Å². The third kappa shape index (κ3) is 2.66. The topological polar surface area (TPSA) is 50.2 Å². The van der Waals surface area contributed by atoms with E-state index in [0.29, 0.717) is 11.3 Å². The van der Waals surface area contributed by atoms with Crippen molar-refractivity contribution in [3.63, 3.8) is 0 Å². The SMILES string of the molecule is Cc1cc(/C=C(\F)C(=O)O)ccn1. The van der Waals surface area contributed by atoms with Crippen molar-refractivity contribution in [2.45, 2.75) is 6.92 Å². The summed E-state index contributed by atoms with van der Waals surface area (Å²) in [6, 6.07) is 3.14. The minimum atomic E-state index is -1.56.